The summed E-state index contributed by atoms with van der Waals surface area (Å²) in [4.78, 5) is 6.00. The van der Waals surface area contributed by atoms with Crippen molar-refractivity contribution in [1.82, 2.24) is 14.9 Å². The Balaban J connectivity index is 1.79. The third-order valence-corrected chi connectivity index (χ3v) is 5.23. The topological polar surface area (TPSA) is 73.8 Å². The summed E-state index contributed by atoms with van der Waals surface area (Å²) < 4.78 is 39.8. The molecule has 2 rings (SSSR count). The molecule has 0 radical (unpaired) electrons. The van der Waals surface area contributed by atoms with Crippen LogP contribution in [0.5, 0.6) is 0 Å². The van der Waals surface area contributed by atoms with Gasteiger partial charge in [-0.3, -0.25) is 4.99 Å². The Bertz CT molecular complexity index is 840. The van der Waals surface area contributed by atoms with Crippen LogP contribution in [0.1, 0.15) is 11.1 Å². The molecule has 0 heterocycles. The fourth-order valence-electron chi connectivity index (χ4n) is 2.48. The fraction of sp³-hybridized carbons (Fsp3) is 0.316. The van der Waals surface area contributed by atoms with Gasteiger partial charge >= 0.3 is 0 Å². The molecule has 2 aromatic rings. The first-order chi connectivity index (χ1) is 12.9. The van der Waals surface area contributed by atoms with E-state index in [2.05, 4.69) is 15.0 Å². The van der Waals surface area contributed by atoms with Gasteiger partial charge in [0.05, 0.1) is 5.75 Å². The minimum Gasteiger partial charge on any atom is -0.355 e. The first-order valence-corrected chi connectivity index (χ1v) is 10.2. The lowest BCUT2D eigenvalue weighted by atomic mass is 10.2. The van der Waals surface area contributed by atoms with E-state index in [1.807, 2.05) is 42.3 Å². The summed E-state index contributed by atoms with van der Waals surface area (Å²) >= 11 is 0. The second-order valence-electron chi connectivity index (χ2n) is 6.08. The van der Waals surface area contributed by atoms with Crippen molar-refractivity contribution < 1.29 is 12.8 Å². The van der Waals surface area contributed by atoms with Gasteiger partial charge in [-0.05, 0) is 23.3 Å². The molecule has 0 aromatic heterocycles. The lowest BCUT2D eigenvalue weighted by Crippen LogP contribution is -2.41. The normalized spacial score (nSPS) is 12.0. The average Bonchev–Trinajstić information content (AvgIpc) is 2.66. The Labute approximate surface area is 160 Å². The van der Waals surface area contributed by atoms with E-state index in [1.54, 1.807) is 19.2 Å². The van der Waals surface area contributed by atoms with Gasteiger partial charge in [0, 0.05) is 33.7 Å². The molecule has 0 saturated heterocycles. The van der Waals surface area contributed by atoms with Crippen LogP contribution in [0.25, 0.3) is 0 Å². The molecule has 2 aromatic carbocycles. The van der Waals surface area contributed by atoms with Gasteiger partial charge in [-0.2, -0.15) is 0 Å². The summed E-state index contributed by atoms with van der Waals surface area (Å²) in [6.07, 6.45) is 0. The van der Waals surface area contributed by atoms with Gasteiger partial charge < -0.3 is 10.2 Å². The van der Waals surface area contributed by atoms with Crippen LogP contribution in [0.15, 0.2) is 59.6 Å². The van der Waals surface area contributed by atoms with Crippen LogP contribution in [0.4, 0.5) is 4.39 Å². The molecule has 0 atom stereocenters. The van der Waals surface area contributed by atoms with E-state index in [0.29, 0.717) is 12.5 Å². The molecule has 8 heteroatoms. The van der Waals surface area contributed by atoms with Gasteiger partial charge in [0.25, 0.3) is 0 Å². The Morgan fingerprint density at radius 3 is 2.37 bits per heavy atom. The van der Waals surface area contributed by atoms with E-state index in [9.17, 15) is 12.8 Å². The van der Waals surface area contributed by atoms with Crippen LogP contribution in [0.3, 0.4) is 0 Å². The zero-order valence-electron chi connectivity index (χ0n) is 15.5. The van der Waals surface area contributed by atoms with E-state index in [4.69, 9.17) is 0 Å². The second kappa shape index (κ2) is 10.0. The molecule has 146 valence electrons. The molecule has 0 aliphatic rings. The monoisotopic (exact) mass is 392 g/mol. The molecule has 0 saturated carbocycles. The molecule has 0 unspecified atom stereocenters. The van der Waals surface area contributed by atoms with Crippen LogP contribution in [-0.4, -0.2) is 45.7 Å². The van der Waals surface area contributed by atoms with Crippen molar-refractivity contribution in [2.24, 2.45) is 4.99 Å². The Kier molecular flexibility index (Phi) is 7.75. The fourth-order valence-corrected chi connectivity index (χ4v) is 3.38. The van der Waals surface area contributed by atoms with Crippen LogP contribution in [0, 0.1) is 5.82 Å². The average molecular weight is 393 g/mol. The van der Waals surface area contributed by atoms with E-state index < -0.39 is 10.0 Å². The maximum atomic E-state index is 13.0. The number of sulfonamides is 1. The van der Waals surface area contributed by atoms with Gasteiger partial charge in [-0.25, -0.2) is 17.5 Å². The number of hydrogen-bond acceptors (Lipinski definition) is 3. The second-order valence-corrected chi connectivity index (χ2v) is 8.01. The third kappa shape index (κ3) is 7.36. The van der Waals surface area contributed by atoms with Crippen LogP contribution in [-0.2, 0) is 23.1 Å². The summed E-state index contributed by atoms with van der Waals surface area (Å²) in [5.41, 5.74) is 1.84. The maximum Gasteiger partial charge on any atom is 0.213 e. The number of nitrogens with one attached hydrogen (secondary N) is 2. The smallest absolute Gasteiger partial charge is 0.213 e. The van der Waals surface area contributed by atoms with Crippen molar-refractivity contribution in [1.29, 1.82) is 0 Å². The predicted molar refractivity (Wildman–Crippen MR) is 106 cm³/mol. The van der Waals surface area contributed by atoms with Gasteiger partial charge in [-0.15, -0.1) is 0 Å². The largest absolute Gasteiger partial charge is 0.355 e. The highest BCUT2D eigenvalue weighted by Gasteiger charge is 2.12. The summed E-state index contributed by atoms with van der Waals surface area (Å²) in [7, 11) is 0.0641. The standard InChI is InChI=1S/C19H25FN4O2S/c1-21-19(24(2)15-17-8-10-18(20)11-9-17)22-12-13-27(25,26)23-14-16-6-4-3-5-7-16/h3-11,23H,12-15H2,1-2H3,(H,21,22). The zero-order chi connectivity index (χ0) is 19.7. The Hall–Kier alpha value is -2.45. The van der Waals surface area contributed by atoms with E-state index >= 15 is 0 Å². The molecule has 0 fully saturated rings. The number of rotatable bonds is 8. The summed E-state index contributed by atoms with van der Waals surface area (Å²) in [6, 6.07) is 15.6. The van der Waals surface area contributed by atoms with Crippen LogP contribution < -0.4 is 10.0 Å². The van der Waals surface area contributed by atoms with Gasteiger partial charge in [0.2, 0.25) is 10.0 Å². The predicted octanol–water partition coefficient (Wildman–Crippen LogP) is 1.95. The van der Waals surface area contributed by atoms with Crippen molar-refractivity contribution in [2.45, 2.75) is 13.1 Å². The summed E-state index contributed by atoms with van der Waals surface area (Å²) in [5, 5.41) is 3.04. The van der Waals surface area contributed by atoms with Crippen molar-refractivity contribution in [3.05, 3.63) is 71.5 Å². The van der Waals surface area contributed by atoms with Crippen molar-refractivity contribution in [3.63, 3.8) is 0 Å². The molecular weight excluding hydrogens is 367 g/mol. The summed E-state index contributed by atoms with van der Waals surface area (Å²) in [5.74, 6) is 0.221. The number of halogens is 1. The highest BCUT2D eigenvalue weighted by atomic mass is 32.2. The Morgan fingerprint density at radius 2 is 1.74 bits per heavy atom. The van der Waals surface area contributed by atoms with Gasteiger partial charge in [0.1, 0.15) is 5.82 Å². The first-order valence-electron chi connectivity index (χ1n) is 8.57. The molecule has 2 N–H and O–H groups in total. The number of guanidine groups is 1. The third-order valence-electron chi connectivity index (χ3n) is 3.90. The number of nitrogens with zero attached hydrogens (tertiary/aromatic N) is 2. The lowest BCUT2D eigenvalue weighted by Gasteiger charge is -2.22. The molecule has 27 heavy (non-hydrogen) atoms. The summed E-state index contributed by atoms with van der Waals surface area (Å²) in [6.45, 7) is 1.02. The van der Waals surface area contributed by atoms with Gasteiger partial charge in [0.15, 0.2) is 5.96 Å². The van der Waals surface area contributed by atoms with Crippen molar-refractivity contribution in [3.8, 4) is 0 Å². The van der Waals surface area contributed by atoms with Crippen LogP contribution in [0.2, 0.25) is 0 Å². The number of aliphatic imine (C=N–C) groups is 1. The van der Waals surface area contributed by atoms with Crippen molar-refractivity contribution in [2.75, 3.05) is 26.4 Å². The molecule has 0 amide bonds. The molecule has 6 nitrogen and oxygen atoms in total. The number of hydrogen-bond donors (Lipinski definition) is 2. The van der Waals surface area contributed by atoms with E-state index in [-0.39, 0.29) is 24.7 Å². The quantitative estimate of drug-likeness (QED) is 0.532. The maximum absolute atomic E-state index is 13.0. The minimum absolute atomic E-state index is 0.0662. The highest BCUT2D eigenvalue weighted by Crippen LogP contribution is 2.05. The molecule has 0 spiro atoms. The van der Waals surface area contributed by atoms with Crippen molar-refractivity contribution >= 4 is 16.0 Å². The Morgan fingerprint density at radius 1 is 1.07 bits per heavy atom. The molecular formula is C19H25FN4O2S. The van der Waals surface area contributed by atoms with Crippen LogP contribution >= 0.6 is 0 Å². The SMILES string of the molecule is CN=C(NCCS(=O)(=O)NCc1ccccc1)N(C)Cc1ccc(F)cc1. The minimum atomic E-state index is -3.40. The molecule has 0 aliphatic carbocycles. The zero-order valence-corrected chi connectivity index (χ0v) is 16.3. The van der Waals surface area contributed by atoms with E-state index in [1.165, 1.54) is 12.1 Å². The highest BCUT2D eigenvalue weighted by molar-refractivity contribution is 7.89. The van der Waals surface area contributed by atoms with Gasteiger partial charge in [-0.1, -0.05) is 42.5 Å². The first kappa shape index (κ1) is 20.9. The lowest BCUT2D eigenvalue weighted by molar-refractivity contribution is 0.478. The van der Waals surface area contributed by atoms with E-state index in [0.717, 1.165) is 11.1 Å². The number of benzene rings is 2. The molecule has 0 bridgehead atoms. The molecule has 0 aliphatic heterocycles.